The molecule has 0 fully saturated rings. The Kier molecular flexibility index (Phi) is 5.27. The number of amides is 1. The average molecular weight is 404 g/mol. The molecule has 0 aliphatic carbocycles. The Balaban J connectivity index is 1.57. The second kappa shape index (κ2) is 8.01. The number of hydrogen-bond acceptors (Lipinski definition) is 4. The smallest absolute Gasteiger partial charge is 0.262 e. The highest BCUT2D eigenvalue weighted by Crippen LogP contribution is 2.30. The highest BCUT2D eigenvalue weighted by Gasteiger charge is 2.14. The van der Waals surface area contributed by atoms with Crippen LogP contribution in [0.15, 0.2) is 65.0 Å². The number of nitrogens with zero attached hydrogens (tertiary/aromatic N) is 2. The van der Waals surface area contributed by atoms with Crippen LogP contribution in [0, 0.1) is 13.8 Å². The number of carbonyl (C=O) groups excluding carboxylic acids is 1. The van der Waals surface area contributed by atoms with Gasteiger partial charge in [-0.05, 0) is 31.0 Å². The van der Waals surface area contributed by atoms with E-state index in [4.69, 9.17) is 0 Å². The molecule has 1 amide bonds. The van der Waals surface area contributed by atoms with Crippen molar-refractivity contribution in [3.8, 4) is 11.1 Å². The zero-order valence-corrected chi connectivity index (χ0v) is 17.1. The maximum Gasteiger partial charge on any atom is 0.262 e. The van der Waals surface area contributed by atoms with Crippen LogP contribution in [0.2, 0.25) is 0 Å². The molecule has 0 aliphatic heterocycles. The molecule has 4 aromatic rings. The zero-order chi connectivity index (χ0) is 20.4. The second-order valence-electron chi connectivity index (χ2n) is 7.05. The summed E-state index contributed by atoms with van der Waals surface area (Å²) in [5, 5.41) is 5.48. The molecular weight excluding hydrogens is 382 g/mol. The largest absolute Gasteiger partial charge is 0.326 e. The van der Waals surface area contributed by atoms with Crippen molar-refractivity contribution >= 4 is 33.1 Å². The van der Waals surface area contributed by atoms with Crippen LogP contribution in [0.25, 0.3) is 21.3 Å². The van der Waals surface area contributed by atoms with Crippen LogP contribution in [0.1, 0.15) is 17.5 Å². The molecule has 146 valence electrons. The number of aryl methyl sites for hydroxylation is 3. The SMILES string of the molecule is Cc1ccc(-c2csc3ncn(CCC(=O)Nc4ccccc4C)c(=O)c23)cc1. The van der Waals surface area contributed by atoms with Crippen LogP contribution in [-0.2, 0) is 11.3 Å². The molecule has 0 unspecified atom stereocenters. The number of anilines is 1. The number of thiophene rings is 1. The van der Waals surface area contributed by atoms with Crippen LogP contribution in [0.3, 0.4) is 0 Å². The van der Waals surface area contributed by atoms with E-state index in [0.29, 0.717) is 10.2 Å². The monoisotopic (exact) mass is 403 g/mol. The summed E-state index contributed by atoms with van der Waals surface area (Å²) in [6.07, 6.45) is 1.73. The molecule has 4 rings (SSSR count). The minimum Gasteiger partial charge on any atom is -0.326 e. The summed E-state index contributed by atoms with van der Waals surface area (Å²) in [4.78, 5) is 30.6. The Morgan fingerprint density at radius 3 is 2.62 bits per heavy atom. The number of fused-ring (bicyclic) bond motifs is 1. The van der Waals surface area contributed by atoms with Gasteiger partial charge in [0, 0.05) is 29.6 Å². The van der Waals surface area contributed by atoms with E-state index >= 15 is 0 Å². The summed E-state index contributed by atoms with van der Waals surface area (Å²) >= 11 is 1.46. The van der Waals surface area contributed by atoms with E-state index in [9.17, 15) is 9.59 Å². The van der Waals surface area contributed by atoms with Gasteiger partial charge in [-0.25, -0.2) is 4.98 Å². The van der Waals surface area contributed by atoms with Gasteiger partial charge in [-0.1, -0.05) is 48.0 Å². The van der Waals surface area contributed by atoms with Crippen molar-refractivity contribution in [3.05, 3.63) is 81.7 Å². The van der Waals surface area contributed by atoms with Gasteiger partial charge in [0.1, 0.15) is 4.83 Å². The van der Waals surface area contributed by atoms with E-state index < -0.39 is 0 Å². The van der Waals surface area contributed by atoms with Gasteiger partial charge < -0.3 is 5.32 Å². The molecule has 0 saturated heterocycles. The van der Waals surface area contributed by atoms with E-state index in [1.807, 2.05) is 67.8 Å². The molecule has 1 N–H and O–H groups in total. The number of para-hydroxylation sites is 1. The van der Waals surface area contributed by atoms with Gasteiger partial charge in [0.2, 0.25) is 5.91 Å². The number of benzene rings is 2. The molecule has 0 saturated carbocycles. The maximum absolute atomic E-state index is 13.1. The lowest BCUT2D eigenvalue weighted by Crippen LogP contribution is -2.23. The summed E-state index contributed by atoms with van der Waals surface area (Å²) in [6.45, 7) is 4.26. The van der Waals surface area contributed by atoms with Gasteiger partial charge in [-0.2, -0.15) is 0 Å². The predicted molar refractivity (Wildman–Crippen MR) is 118 cm³/mol. The van der Waals surface area contributed by atoms with Crippen molar-refractivity contribution < 1.29 is 4.79 Å². The first-order valence-corrected chi connectivity index (χ1v) is 10.3. The lowest BCUT2D eigenvalue weighted by Gasteiger charge is -2.09. The van der Waals surface area contributed by atoms with Gasteiger partial charge in [0.05, 0.1) is 11.7 Å². The first-order chi connectivity index (χ1) is 14.0. The number of carbonyl (C=O) groups is 1. The van der Waals surface area contributed by atoms with Crippen LogP contribution in [-0.4, -0.2) is 15.5 Å². The van der Waals surface area contributed by atoms with Crippen molar-refractivity contribution in [3.63, 3.8) is 0 Å². The molecule has 5 nitrogen and oxygen atoms in total. The number of hydrogen-bond donors (Lipinski definition) is 1. The molecule has 6 heteroatoms. The van der Waals surface area contributed by atoms with Crippen LogP contribution < -0.4 is 10.9 Å². The third-order valence-corrected chi connectivity index (χ3v) is 5.81. The van der Waals surface area contributed by atoms with E-state index in [0.717, 1.165) is 22.4 Å². The Morgan fingerprint density at radius 1 is 1.10 bits per heavy atom. The van der Waals surface area contributed by atoms with Crippen molar-refractivity contribution in [2.24, 2.45) is 0 Å². The molecule has 0 atom stereocenters. The average Bonchev–Trinajstić information content (AvgIpc) is 3.15. The second-order valence-corrected chi connectivity index (χ2v) is 7.91. The fraction of sp³-hybridized carbons (Fsp3) is 0.174. The molecular formula is C23H21N3O2S. The summed E-state index contributed by atoms with van der Waals surface area (Å²) in [7, 11) is 0. The minimum atomic E-state index is -0.129. The summed E-state index contributed by atoms with van der Waals surface area (Å²) < 4.78 is 1.52. The van der Waals surface area contributed by atoms with Crippen molar-refractivity contribution in [2.45, 2.75) is 26.8 Å². The van der Waals surface area contributed by atoms with Crippen molar-refractivity contribution in [1.82, 2.24) is 9.55 Å². The molecule has 29 heavy (non-hydrogen) atoms. The third-order valence-electron chi connectivity index (χ3n) is 4.92. The first kappa shape index (κ1) is 19.1. The van der Waals surface area contributed by atoms with Crippen molar-refractivity contribution in [2.75, 3.05) is 5.32 Å². The topological polar surface area (TPSA) is 64.0 Å². The normalized spacial score (nSPS) is 11.0. The molecule has 0 bridgehead atoms. The lowest BCUT2D eigenvalue weighted by molar-refractivity contribution is -0.116. The number of nitrogens with one attached hydrogen (secondary N) is 1. The highest BCUT2D eigenvalue weighted by atomic mass is 32.1. The lowest BCUT2D eigenvalue weighted by atomic mass is 10.1. The Hall–Kier alpha value is -3.25. The van der Waals surface area contributed by atoms with Gasteiger partial charge in [0.15, 0.2) is 0 Å². The standard InChI is InChI=1S/C23H21N3O2S/c1-15-7-9-17(10-8-15)18-13-29-22-21(18)23(28)26(14-24-22)12-11-20(27)25-19-6-4-3-5-16(19)2/h3-10,13-14H,11-12H2,1-2H3,(H,25,27). The van der Waals surface area contributed by atoms with Gasteiger partial charge in [0.25, 0.3) is 5.56 Å². The van der Waals surface area contributed by atoms with Gasteiger partial charge in [-0.3, -0.25) is 14.2 Å². The Labute approximate surface area is 172 Å². The minimum absolute atomic E-state index is 0.115. The number of rotatable bonds is 5. The van der Waals surface area contributed by atoms with Crippen LogP contribution in [0.4, 0.5) is 5.69 Å². The van der Waals surface area contributed by atoms with E-state index in [1.54, 1.807) is 0 Å². The molecule has 2 heterocycles. The first-order valence-electron chi connectivity index (χ1n) is 9.42. The molecule has 0 radical (unpaired) electrons. The fourth-order valence-electron chi connectivity index (χ4n) is 3.22. The van der Waals surface area contributed by atoms with E-state index in [2.05, 4.69) is 10.3 Å². The van der Waals surface area contributed by atoms with E-state index in [-0.39, 0.29) is 24.4 Å². The Bertz CT molecular complexity index is 1240. The maximum atomic E-state index is 13.1. The Morgan fingerprint density at radius 2 is 1.86 bits per heavy atom. The molecule has 2 aromatic carbocycles. The fourth-order valence-corrected chi connectivity index (χ4v) is 4.13. The van der Waals surface area contributed by atoms with Crippen molar-refractivity contribution in [1.29, 1.82) is 0 Å². The third kappa shape index (κ3) is 3.98. The summed E-state index contributed by atoms with van der Waals surface area (Å²) in [6, 6.07) is 15.7. The highest BCUT2D eigenvalue weighted by molar-refractivity contribution is 7.17. The predicted octanol–water partition coefficient (Wildman–Crippen LogP) is 4.77. The van der Waals surface area contributed by atoms with E-state index in [1.165, 1.54) is 27.8 Å². The summed E-state index contributed by atoms with van der Waals surface area (Å²) in [5.41, 5.74) is 4.73. The van der Waals surface area contributed by atoms with Gasteiger partial charge in [-0.15, -0.1) is 11.3 Å². The molecule has 0 spiro atoms. The zero-order valence-electron chi connectivity index (χ0n) is 16.3. The van der Waals surface area contributed by atoms with Crippen LogP contribution in [0.5, 0.6) is 0 Å². The number of aromatic nitrogens is 2. The summed E-state index contributed by atoms with van der Waals surface area (Å²) in [5.74, 6) is -0.129. The molecule has 0 aliphatic rings. The van der Waals surface area contributed by atoms with Crippen LogP contribution >= 0.6 is 11.3 Å². The molecule has 2 aromatic heterocycles. The van der Waals surface area contributed by atoms with Gasteiger partial charge >= 0.3 is 0 Å². The quantitative estimate of drug-likeness (QED) is 0.522.